The van der Waals surface area contributed by atoms with Crippen LogP contribution in [-0.2, 0) is 0 Å². The summed E-state index contributed by atoms with van der Waals surface area (Å²) in [5.74, 6) is 0.302. The summed E-state index contributed by atoms with van der Waals surface area (Å²) >= 11 is 0. The lowest BCUT2D eigenvalue weighted by molar-refractivity contribution is 0.0944. The predicted molar refractivity (Wildman–Crippen MR) is 83.1 cm³/mol. The molecule has 4 heteroatoms. The molecule has 4 nitrogen and oxygen atoms in total. The third kappa shape index (κ3) is 3.26. The molecule has 2 aromatic rings. The summed E-state index contributed by atoms with van der Waals surface area (Å²) in [7, 11) is 0. The predicted octanol–water partition coefficient (Wildman–Crippen LogP) is 3.05. The second-order valence-corrected chi connectivity index (χ2v) is 5.21. The Morgan fingerprint density at radius 2 is 2.05 bits per heavy atom. The fourth-order valence-electron chi connectivity index (χ4n) is 2.02. The van der Waals surface area contributed by atoms with Gasteiger partial charge < -0.3 is 10.6 Å². The quantitative estimate of drug-likeness (QED) is 0.878. The van der Waals surface area contributed by atoms with E-state index in [1.165, 1.54) is 0 Å². The van der Waals surface area contributed by atoms with Crippen molar-refractivity contribution < 1.29 is 4.79 Å². The third-order valence-corrected chi connectivity index (χ3v) is 2.99. The van der Waals surface area contributed by atoms with Gasteiger partial charge in [0.1, 0.15) is 5.69 Å². The lowest BCUT2D eigenvalue weighted by Crippen LogP contribution is -2.28. The number of amides is 1. The average Bonchev–Trinajstić information content (AvgIpc) is 2.45. The number of nitrogens with zero attached hydrogens (tertiary/aromatic N) is 1. The molecule has 20 heavy (non-hydrogen) atoms. The molecule has 0 fully saturated rings. The lowest BCUT2D eigenvalue weighted by atomic mass is 10.1. The van der Waals surface area contributed by atoms with Crippen LogP contribution in [0.4, 0.5) is 5.69 Å². The topological polar surface area (TPSA) is 54.0 Å². The molecule has 0 saturated heterocycles. The summed E-state index contributed by atoms with van der Waals surface area (Å²) in [6, 6.07) is 9.66. The van der Waals surface area contributed by atoms with Gasteiger partial charge in [-0.05, 0) is 25.0 Å². The first-order valence-corrected chi connectivity index (χ1v) is 7.03. The van der Waals surface area contributed by atoms with E-state index in [1.807, 2.05) is 37.3 Å². The van der Waals surface area contributed by atoms with Gasteiger partial charge in [0.2, 0.25) is 0 Å². The highest BCUT2D eigenvalue weighted by atomic mass is 16.1. The number of fused-ring (bicyclic) bond motifs is 1. The second kappa shape index (κ2) is 6.37. The van der Waals surface area contributed by atoms with Crippen LogP contribution < -0.4 is 10.6 Å². The first-order chi connectivity index (χ1) is 9.61. The zero-order valence-electron chi connectivity index (χ0n) is 12.2. The van der Waals surface area contributed by atoms with Gasteiger partial charge in [0.05, 0.1) is 5.52 Å². The van der Waals surface area contributed by atoms with E-state index in [0.717, 1.165) is 23.1 Å². The normalized spacial score (nSPS) is 10.8. The number of rotatable bonds is 5. The number of carbonyl (C=O) groups excluding carboxylic acids is 1. The van der Waals surface area contributed by atoms with E-state index in [2.05, 4.69) is 29.5 Å². The highest BCUT2D eigenvalue weighted by molar-refractivity contribution is 5.99. The summed E-state index contributed by atoms with van der Waals surface area (Å²) in [5.41, 5.74) is 2.24. The van der Waals surface area contributed by atoms with Crippen LogP contribution in [-0.4, -0.2) is 24.0 Å². The number of anilines is 1. The van der Waals surface area contributed by atoms with Gasteiger partial charge >= 0.3 is 0 Å². The van der Waals surface area contributed by atoms with Gasteiger partial charge in [-0.25, -0.2) is 4.98 Å². The molecule has 2 N–H and O–H groups in total. The number of hydrogen-bond donors (Lipinski definition) is 2. The van der Waals surface area contributed by atoms with Crippen molar-refractivity contribution in [2.24, 2.45) is 5.92 Å². The van der Waals surface area contributed by atoms with Crippen molar-refractivity contribution in [1.82, 2.24) is 10.3 Å². The molecule has 0 unspecified atom stereocenters. The summed E-state index contributed by atoms with van der Waals surface area (Å²) in [5, 5.41) is 7.23. The Morgan fingerprint density at radius 3 is 2.75 bits per heavy atom. The van der Waals surface area contributed by atoms with Crippen LogP contribution in [0, 0.1) is 5.92 Å². The van der Waals surface area contributed by atoms with Crippen LogP contribution in [0.2, 0.25) is 0 Å². The van der Waals surface area contributed by atoms with Gasteiger partial charge in [-0.3, -0.25) is 4.79 Å². The molecule has 0 aliphatic carbocycles. The van der Waals surface area contributed by atoms with Crippen molar-refractivity contribution in [3.05, 3.63) is 36.0 Å². The molecule has 106 valence electrons. The minimum absolute atomic E-state index is 0.122. The van der Waals surface area contributed by atoms with Crippen LogP contribution in [0.15, 0.2) is 30.3 Å². The van der Waals surface area contributed by atoms with Gasteiger partial charge in [0.15, 0.2) is 0 Å². The Morgan fingerprint density at radius 1 is 1.30 bits per heavy atom. The zero-order valence-corrected chi connectivity index (χ0v) is 12.2. The number of pyridine rings is 1. The molecule has 1 aromatic heterocycles. The van der Waals surface area contributed by atoms with Crippen molar-refractivity contribution >= 4 is 22.5 Å². The van der Waals surface area contributed by atoms with Crippen LogP contribution in [0.25, 0.3) is 10.9 Å². The molecule has 0 aliphatic heterocycles. The first kappa shape index (κ1) is 14.3. The van der Waals surface area contributed by atoms with E-state index in [0.29, 0.717) is 18.2 Å². The number of hydrogen-bond acceptors (Lipinski definition) is 3. The molecule has 0 radical (unpaired) electrons. The molecule has 0 spiro atoms. The number of para-hydroxylation sites is 1. The first-order valence-electron chi connectivity index (χ1n) is 7.03. The SMILES string of the molecule is CCNc1cc(C(=O)NCC(C)C)nc2ccccc12. The Labute approximate surface area is 119 Å². The number of benzene rings is 1. The van der Waals surface area contributed by atoms with Crippen LogP contribution in [0.1, 0.15) is 31.3 Å². The monoisotopic (exact) mass is 271 g/mol. The van der Waals surface area contributed by atoms with Crippen LogP contribution in [0.5, 0.6) is 0 Å². The maximum atomic E-state index is 12.1. The molecular weight excluding hydrogens is 250 g/mol. The van der Waals surface area contributed by atoms with E-state index in [9.17, 15) is 4.79 Å². The van der Waals surface area contributed by atoms with Gasteiger partial charge in [0.25, 0.3) is 5.91 Å². The van der Waals surface area contributed by atoms with E-state index >= 15 is 0 Å². The fraction of sp³-hybridized carbons (Fsp3) is 0.375. The van der Waals surface area contributed by atoms with Crippen molar-refractivity contribution in [3.8, 4) is 0 Å². The highest BCUT2D eigenvalue weighted by Crippen LogP contribution is 2.22. The average molecular weight is 271 g/mol. The van der Waals surface area contributed by atoms with Crippen LogP contribution >= 0.6 is 0 Å². The van der Waals surface area contributed by atoms with Gasteiger partial charge in [-0.1, -0.05) is 32.0 Å². The van der Waals surface area contributed by atoms with E-state index < -0.39 is 0 Å². The maximum Gasteiger partial charge on any atom is 0.269 e. The summed E-state index contributed by atoms with van der Waals surface area (Å²) < 4.78 is 0. The molecule has 0 saturated carbocycles. The molecule has 0 bridgehead atoms. The summed E-state index contributed by atoms with van der Waals surface area (Å²) in [4.78, 5) is 16.6. The van der Waals surface area contributed by atoms with Gasteiger partial charge in [-0.15, -0.1) is 0 Å². The number of nitrogens with one attached hydrogen (secondary N) is 2. The molecule has 0 atom stereocenters. The van der Waals surface area contributed by atoms with Crippen molar-refractivity contribution in [3.63, 3.8) is 0 Å². The summed E-state index contributed by atoms with van der Waals surface area (Å²) in [6.45, 7) is 7.63. The molecule has 1 amide bonds. The van der Waals surface area contributed by atoms with E-state index in [4.69, 9.17) is 0 Å². The zero-order chi connectivity index (χ0) is 14.5. The van der Waals surface area contributed by atoms with Crippen molar-refractivity contribution in [2.45, 2.75) is 20.8 Å². The standard InChI is InChI=1S/C16H21N3O/c1-4-17-14-9-15(16(20)18-10-11(2)3)19-13-8-6-5-7-12(13)14/h5-9,11H,4,10H2,1-3H3,(H,17,19)(H,18,20). The highest BCUT2D eigenvalue weighted by Gasteiger charge is 2.11. The molecule has 0 aliphatic rings. The second-order valence-electron chi connectivity index (χ2n) is 5.21. The minimum Gasteiger partial charge on any atom is -0.385 e. The van der Waals surface area contributed by atoms with Crippen molar-refractivity contribution in [1.29, 1.82) is 0 Å². The Kier molecular flexibility index (Phi) is 4.56. The van der Waals surface area contributed by atoms with Crippen LogP contribution in [0.3, 0.4) is 0 Å². The lowest BCUT2D eigenvalue weighted by Gasteiger charge is -2.11. The molecule has 2 rings (SSSR count). The fourth-order valence-corrected chi connectivity index (χ4v) is 2.02. The van der Waals surface area contributed by atoms with Gasteiger partial charge in [-0.2, -0.15) is 0 Å². The maximum absolute atomic E-state index is 12.1. The van der Waals surface area contributed by atoms with Crippen molar-refractivity contribution in [2.75, 3.05) is 18.4 Å². The largest absolute Gasteiger partial charge is 0.385 e. The number of carbonyl (C=O) groups is 1. The molecule has 1 heterocycles. The smallest absolute Gasteiger partial charge is 0.269 e. The van der Waals surface area contributed by atoms with E-state index in [-0.39, 0.29) is 5.91 Å². The Bertz CT molecular complexity index is 608. The summed E-state index contributed by atoms with van der Waals surface area (Å²) in [6.07, 6.45) is 0. The molecular formula is C16H21N3O. The molecule has 1 aromatic carbocycles. The van der Waals surface area contributed by atoms with E-state index in [1.54, 1.807) is 0 Å². The minimum atomic E-state index is -0.122. The number of aromatic nitrogens is 1. The Balaban J connectivity index is 2.36. The Hall–Kier alpha value is -2.10. The van der Waals surface area contributed by atoms with Gasteiger partial charge in [0, 0.05) is 24.2 Å². The third-order valence-electron chi connectivity index (χ3n) is 2.99.